The van der Waals surface area contributed by atoms with Crippen LogP contribution in [0, 0.1) is 0 Å². The van der Waals surface area contributed by atoms with E-state index in [1.807, 2.05) is 54.4 Å². The average Bonchev–Trinajstić information content (AvgIpc) is 2.94. The second-order valence-corrected chi connectivity index (χ2v) is 4.88. The Balaban J connectivity index is 1.87. The number of benzene rings is 2. The number of rotatable bonds is 5. The van der Waals surface area contributed by atoms with Gasteiger partial charge in [0.25, 0.3) is 0 Å². The zero-order valence-electron chi connectivity index (χ0n) is 12.0. The van der Waals surface area contributed by atoms with Crippen molar-refractivity contribution in [1.29, 1.82) is 0 Å². The molecular formula is C17H18N2O2. The van der Waals surface area contributed by atoms with E-state index in [2.05, 4.69) is 6.07 Å². The van der Waals surface area contributed by atoms with Crippen LogP contribution in [0.25, 0.3) is 0 Å². The fourth-order valence-corrected chi connectivity index (χ4v) is 2.66. The number of hydrazine groups is 1. The van der Waals surface area contributed by atoms with Gasteiger partial charge in [-0.05, 0) is 49.2 Å². The zero-order chi connectivity index (χ0) is 14.7. The Morgan fingerprint density at radius 2 is 1.95 bits per heavy atom. The Labute approximate surface area is 124 Å². The molecule has 108 valence electrons. The van der Waals surface area contributed by atoms with Gasteiger partial charge < -0.3 is 4.74 Å². The maximum Gasteiger partial charge on any atom is 0.233 e. The number of carbonyl (C=O) groups excluding carboxylic acids is 1. The number of hydrogen-bond acceptors (Lipinski definition) is 3. The van der Waals surface area contributed by atoms with Crippen LogP contribution < -0.4 is 14.8 Å². The molecule has 0 radical (unpaired) electrons. The number of ether oxygens (including phenoxy) is 1. The molecule has 2 aromatic carbocycles. The largest absolute Gasteiger partial charge is 0.494 e. The summed E-state index contributed by atoms with van der Waals surface area (Å²) in [7, 11) is 0. The summed E-state index contributed by atoms with van der Waals surface area (Å²) >= 11 is 0. The van der Waals surface area contributed by atoms with E-state index in [1.165, 1.54) is 5.56 Å². The highest BCUT2D eigenvalue weighted by atomic mass is 16.5. The van der Waals surface area contributed by atoms with Crippen molar-refractivity contribution in [2.45, 2.75) is 13.3 Å². The first-order valence-corrected chi connectivity index (χ1v) is 7.16. The number of fused-ring (bicyclic) bond motifs is 1. The fraction of sp³-hybridized carbons (Fsp3) is 0.235. The van der Waals surface area contributed by atoms with Crippen molar-refractivity contribution in [2.75, 3.05) is 23.2 Å². The Morgan fingerprint density at radius 3 is 2.67 bits per heavy atom. The molecule has 0 atom stereocenters. The Morgan fingerprint density at radius 1 is 1.19 bits per heavy atom. The molecule has 1 amide bonds. The van der Waals surface area contributed by atoms with Gasteiger partial charge in [-0.3, -0.25) is 9.80 Å². The first-order valence-electron chi connectivity index (χ1n) is 7.16. The number of hydrogen-bond donors (Lipinski definition) is 0. The SMILES string of the molecule is CCOc1ccc(N(C=O)N2CCc3ccccc32)cc1. The van der Waals surface area contributed by atoms with Gasteiger partial charge in [-0.25, -0.2) is 5.01 Å². The monoisotopic (exact) mass is 282 g/mol. The number of carbonyl (C=O) groups is 1. The van der Waals surface area contributed by atoms with Gasteiger partial charge in [0.15, 0.2) is 0 Å². The molecule has 0 aromatic heterocycles. The summed E-state index contributed by atoms with van der Waals surface area (Å²) in [6.07, 6.45) is 1.81. The van der Waals surface area contributed by atoms with Crippen molar-refractivity contribution in [3.63, 3.8) is 0 Å². The zero-order valence-corrected chi connectivity index (χ0v) is 12.0. The van der Waals surface area contributed by atoms with E-state index < -0.39 is 0 Å². The minimum atomic E-state index is 0.635. The van der Waals surface area contributed by atoms with E-state index >= 15 is 0 Å². The van der Waals surface area contributed by atoms with Gasteiger partial charge in [-0.1, -0.05) is 18.2 Å². The number of amides is 1. The van der Waals surface area contributed by atoms with E-state index in [-0.39, 0.29) is 0 Å². The summed E-state index contributed by atoms with van der Waals surface area (Å²) in [4.78, 5) is 11.6. The number of para-hydroxylation sites is 1. The first kappa shape index (κ1) is 13.5. The lowest BCUT2D eigenvalue weighted by Gasteiger charge is -2.30. The van der Waals surface area contributed by atoms with E-state index in [4.69, 9.17) is 4.74 Å². The molecule has 21 heavy (non-hydrogen) atoms. The molecular weight excluding hydrogens is 264 g/mol. The lowest BCUT2D eigenvalue weighted by Crippen LogP contribution is -2.41. The van der Waals surface area contributed by atoms with Crippen molar-refractivity contribution in [3.8, 4) is 5.75 Å². The normalized spacial score (nSPS) is 12.9. The second-order valence-electron chi connectivity index (χ2n) is 4.88. The molecule has 0 fully saturated rings. The molecule has 4 nitrogen and oxygen atoms in total. The van der Waals surface area contributed by atoms with Crippen molar-refractivity contribution < 1.29 is 9.53 Å². The lowest BCUT2D eigenvalue weighted by atomic mass is 10.2. The molecule has 0 saturated carbocycles. The van der Waals surface area contributed by atoms with Gasteiger partial charge >= 0.3 is 0 Å². The number of anilines is 2. The predicted octanol–water partition coefficient (Wildman–Crippen LogP) is 3.03. The van der Waals surface area contributed by atoms with Gasteiger partial charge in [-0.2, -0.15) is 0 Å². The van der Waals surface area contributed by atoms with Crippen molar-refractivity contribution >= 4 is 17.8 Å². The first-order chi connectivity index (χ1) is 10.3. The van der Waals surface area contributed by atoms with Crippen molar-refractivity contribution in [2.24, 2.45) is 0 Å². The van der Waals surface area contributed by atoms with E-state index in [9.17, 15) is 4.79 Å². The van der Waals surface area contributed by atoms with Gasteiger partial charge in [0.05, 0.1) is 18.0 Å². The standard InChI is InChI=1S/C17H18N2O2/c1-2-21-16-9-7-15(8-10-16)19(13-20)18-12-11-14-5-3-4-6-17(14)18/h3-10,13H,2,11-12H2,1H3. The summed E-state index contributed by atoms with van der Waals surface area (Å²) in [5.74, 6) is 0.814. The topological polar surface area (TPSA) is 32.8 Å². The molecule has 0 unspecified atom stereocenters. The summed E-state index contributed by atoms with van der Waals surface area (Å²) in [5.41, 5.74) is 3.21. The molecule has 1 heterocycles. The van der Waals surface area contributed by atoms with Gasteiger partial charge in [0.1, 0.15) is 5.75 Å². The third-order valence-electron chi connectivity index (χ3n) is 3.63. The Kier molecular flexibility index (Phi) is 3.77. The Bertz CT molecular complexity index is 625. The quantitative estimate of drug-likeness (QED) is 0.790. The van der Waals surface area contributed by atoms with Crippen LogP contribution in [0.1, 0.15) is 12.5 Å². The highest BCUT2D eigenvalue weighted by molar-refractivity contribution is 5.81. The van der Waals surface area contributed by atoms with Crippen molar-refractivity contribution in [3.05, 3.63) is 54.1 Å². The van der Waals surface area contributed by atoms with Crippen LogP contribution >= 0.6 is 0 Å². The third-order valence-corrected chi connectivity index (χ3v) is 3.63. The molecule has 4 heteroatoms. The van der Waals surface area contributed by atoms with E-state index in [1.54, 1.807) is 5.01 Å². The van der Waals surface area contributed by atoms with Crippen LogP contribution in [-0.2, 0) is 11.2 Å². The van der Waals surface area contributed by atoms with E-state index in [0.717, 1.165) is 36.5 Å². The van der Waals surface area contributed by atoms with Crippen LogP contribution in [0.4, 0.5) is 11.4 Å². The second kappa shape index (κ2) is 5.87. The lowest BCUT2D eigenvalue weighted by molar-refractivity contribution is -0.107. The Hall–Kier alpha value is -2.49. The molecule has 0 saturated heterocycles. The summed E-state index contributed by atoms with van der Waals surface area (Å²) < 4.78 is 5.44. The highest BCUT2D eigenvalue weighted by Gasteiger charge is 2.24. The molecule has 0 N–H and O–H groups in total. The minimum Gasteiger partial charge on any atom is -0.494 e. The van der Waals surface area contributed by atoms with Crippen LogP contribution in [0.15, 0.2) is 48.5 Å². The number of nitrogens with zero attached hydrogens (tertiary/aromatic N) is 2. The molecule has 2 aromatic rings. The molecule has 0 aliphatic carbocycles. The fourth-order valence-electron chi connectivity index (χ4n) is 2.66. The van der Waals surface area contributed by atoms with Gasteiger partial charge in [0, 0.05) is 6.54 Å². The average molecular weight is 282 g/mol. The van der Waals surface area contributed by atoms with Crippen LogP contribution in [-0.4, -0.2) is 19.6 Å². The molecule has 0 spiro atoms. The molecule has 1 aliphatic rings. The van der Waals surface area contributed by atoms with Gasteiger partial charge in [0.2, 0.25) is 6.41 Å². The minimum absolute atomic E-state index is 0.635. The summed E-state index contributed by atoms with van der Waals surface area (Å²) in [6, 6.07) is 15.8. The maximum atomic E-state index is 11.6. The maximum absolute atomic E-state index is 11.6. The third kappa shape index (κ3) is 2.57. The van der Waals surface area contributed by atoms with Crippen LogP contribution in [0.5, 0.6) is 5.75 Å². The molecule has 3 rings (SSSR count). The van der Waals surface area contributed by atoms with Crippen LogP contribution in [0.3, 0.4) is 0 Å². The van der Waals surface area contributed by atoms with Crippen LogP contribution in [0.2, 0.25) is 0 Å². The highest BCUT2D eigenvalue weighted by Crippen LogP contribution is 2.31. The van der Waals surface area contributed by atoms with Gasteiger partial charge in [-0.15, -0.1) is 0 Å². The van der Waals surface area contributed by atoms with Crippen molar-refractivity contribution in [1.82, 2.24) is 0 Å². The van der Waals surface area contributed by atoms with E-state index in [0.29, 0.717) is 6.61 Å². The molecule has 0 bridgehead atoms. The predicted molar refractivity (Wildman–Crippen MR) is 83.6 cm³/mol. The summed E-state index contributed by atoms with van der Waals surface area (Å²) in [5, 5.41) is 3.67. The molecule has 1 aliphatic heterocycles. The smallest absolute Gasteiger partial charge is 0.233 e. The summed E-state index contributed by atoms with van der Waals surface area (Å²) in [6.45, 7) is 3.40.